The van der Waals surface area contributed by atoms with E-state index < -0.39 is 20.3 Å². The average molecular weight is 670 g/mol. The second-order valence-electron chi connectivity index (χ2n) is 13.8. The molecule has 0 amide bonds. The third-order valence-electron chi connectivity index (χ3n) is 11.6. The summed E-state index contributed by atoms with van der Waals surface area (Å²) in [6.07, 6.45) is 10.1. The van der Waals surface area contributed by atoms with Crippen molar-refractivity contribution >= 4 is 11.1 Å². The molecule has 45 heavy (non-hydrogen) atoms. The molecule has 2 unspecified atom stereocenters. The zero-order valence-corrected chi connectivity index (χ0v) is 30.4. The predicted octanol–water partition coefficient (Wildman–Crippen LogP) is 13.5. The second kappa shape index (κ2) is 13.2. The van der Waals surface area contributed by atoms with Crippen molar-refractivity contribution in [2.24, 2.45) is 0 Å². The van der Waals surface area contributed by atoms with Crippen molar-refractivity contribution < 1.29 is 20.3 Å². The molecule has 1 aliphatic heterocycles. The molecule has 0 saturated heterocycles. The van der Waals surface area contributed by atoms with E-state index in [0.29, 0.717) is 7.25 Å². The van der Waals surface area contributed by atoms with Gasteiger partial charge in [0.1, 0.15) is 0 Å². The third-order valence-corrected chi connectivity index (χ3v) is 26.8. The van der Waals surface area contributed by atoms with Gasteiger partial charge in [-0.2, -0.15) is 0 Å². The molecule has 0 N–H and O–H groups in total. The summed E-state index contributed by atoms with van der Waals surface area (Å²) in [5.41, 5.74) is 19.6. The molecular formula is C44H50Zr. The summed E-state index contributed by atoms with van der Waals surface area (Å²) < 4.78 is 4.34. The van der Waals surface area contributed by atoms with Crippen molar-refractivity contribution in [1.82, 2.24) is 0 Å². The van der Waals surface area contributed by atoms with Crippen molar-refractivity contribution in [3.05, 3.63) is 130 Å². The normalized spacial score (nSPS) is 19.6. The van der Waals surface area contributed by atoms with Crippen molar-refractivity contribution in [3.63, 3.8) is 0 Å². The molecule has 0 aromatic heterocycles. The van der Waals surface area contributed by atoms with Gasteiger partial charge in [0.05, 0.1) is 0 Å². The van der Waals surface area contributed by atoms with Gasteiger partial charge in [-0.1, -0.05) is 0 Å². The molecule has 3 aliphatic rings. The van der Waals surface area contributed by atoms with E-state index in [9.17, 15) is 0 Å². The van der Waals surface area contributed by atoms with Gasteiger partial charge < -0.3 is 0 Å². The van der Waals surface area contributed by atoms with Gasteiger partial charge in [0.15, 0.2) is 0 Å². The molecule has 0 radical (unpaired) electrons. The molecule has 0 nitrogen and oxygen atoms in total. The zero-order valence-electron chi connectivity index (χ0n) is 28.0. The molecule has 2 atom stereocenters. The van der Waals surface area contributed by atoms with Crippen LogP contribution in [0.4, 0.5) is 0 Å². The molecule has 1 heteroatoms. The number of unbranched alkanes of at least 4 members (excludes halogenated alkanes) is 2. The Morgan fingerprint density at radius 1 is 0.511 bits per heavy atom. The molecule has 4 aromatic rings. The van der Waals surface area contributed by atoms with Crippen LogP contribution in [0.25, 0.3) is 33.4 Å². The summed E-state index contributed by atoms with van der Waals surface area (Å²) in [5.74, 6) is 0. The molecule has 4 aromatic carbocycles. The number of rotatable bonds is 10. The minimum absolute atomic E-state index is 0.674. The van der Waals surface area contributed by atoms with Crippen LogP contribution >= 0.6 is 0 Å². The maximum absolute atomic E-state index is 3.18. The fraction of sp³-hybridized carbons (Fsp3) is 0.364. The summed E-state index contributed by atoms with van der Waals surface area (Å²) in [5, 5.41) is 0. The number of hydrogen-bond acceptors (Lipinski definition) is 0. The molecule has 0 saturated carbocycles. The van der Waals surface area contributed by atoms with Crippen LogP contribution in [0.5, 0.6) is 0 Å². The molecule has 2 aliphatic carbocycles. The van der Waals surface area contributed by atoms with Crippen LogP contribution in [0.1, 0.15) is 109 Å². The van der Waals surface area contributed by atoms with E-state index in [4.69, 9.17) is 0 Å². The van der Waals surface area contributed by atoms with Crippen LogP contribution in [0.2, 0.25) is 8.26 Å². The van der Waals surface area contributed by atoms with Crippen LogP contribution in [0.3, 0.4) is 0 Å². The van der Waals surface area contributed by atoms with Gasteiger partial charge in [-0.05, 0) is 0 Å². The third kappa shape index (κ3) is 5.04. The fourth-order valence-corrected chi connectivity index (χ4v) is 28.7. The van der Waals surface area contributed by atoms with E-state index in [1.54, 1.807) is 33.4 Å². The molecule has 230 valence electrons. The Morgan fingerprint density at radius 2 is 0.933 bits per heavy atom. The van der Waals surface area contributed by atoms with Gasteiger partial charge in [0, 0.05) is 0 Å². The van der Waals surface area contributed by atoms with E-state index in [1.807, 2.05) is 11.1 Å². The van der Waals surface area contributed by atoms with E-state index in [2.05, 4.69) is 125 Å². The first-order valence-electron chi connectivity index (χ1n) is 18.0. The van der Waals surface area contributed by atoms with Crippen molar-refractivity contribution in [1.29, 1.82) is 0 Å². The molecule has 0 fully saturated rings. The topological polar surface area (TPSA) is 0 Å². The van der Waals surface area contributed by atoms with Gasteiger partial charge >= 0.3 is 279 Å². The number of allylic oxidation sites excluding steroid dienone is 4. The summed E-state index contributed by atoms with van der Waals surface area (Å²) in [6, 6.07) is 37.4. The monoisotopic (exact) mass is 668 g/mol. The number of fused-ring (bicyclic) bond motifs is 8. The van der Waals surface area contributed by atoms with Gasteiger partial charge in [-0.15, -0.1) is 0 Å². The molecule has 0 spiro atoms. The molecule has 7 rings (SSSR count). The van der Waals surface area contributed by atoms with Crippen LogP contribution in [-0.2, 0) is 20.3 Å². The number of benzene rings is 4. The van der Waals surface area contributed by atoms with Crippen molar-refractivity contribution in [2.45, 2.75) is 94.6 Å². The van der Waals surface area contributed by atoms with E-state index in [1.165, 1.54) is 69.0 Å². The molecule has 4 bridgehead atoms. The van der Waals surface area contributed by atoms with E-state index in [-0.39, 0.29) is 0 Å². The standard InChI is InChI=1S/C36H32.2C4H9.Zr/c1-3-25-23-29-17-11-19-31(27-13-7-5-8-14-27)35(29)33(25)21-22-34-26(4-2)24-30-18-12-20-32(36(30)34)28-15-9-6-10-16-28;2*1-3-4-2;/h5-20,23-24H,3-4,21-22H2,1-2H3;2*1,3-4H2,2H3;. The van der Waals surface area contributed by atoms with Crippen LogP contribution < -0.4 is 0 Å². The Hall–Kier alpha value is -2.76. The molecular weight excluding hydrogens is 620 g/mol. The van der Waals surface area contributed by atoms with E-state index >= 15 is 0 Å². The Balaban J connectivity index is 1.55. The Bertz CT molecular complexity index is 1610. The summed E-state index contributed by atoms with van der Waals surface area (Å²) in [6.45, 7) is 9.85. The first kappa shape index (κ1) is 30.9. The summed E-state index contributed by atoms with van der Waals surface area (Å²) >= 11 is -3.18. The Kier molecular flexibility index (Phi) is 9.03. The second-order valence-corrected chi connectivity index (χ2v) is 25.2. The SMILES string of the molecule is CCC[CH2][Zr]1([CH2]CCC)[CH]2C(CC)=C(CCC3=C(CC)[CH]1c1cccc(-c4ccccc4)c13)c1c(-c3ccccc3)cccc12. The Labute approximate surface area is 277 Å². The predicted molar refractivity (Wildman–Crippen MR) is 192 cm³/mol. The van der Waals surface area contributed by atoms with E-state index in [0.717, 1.165) is 12.8 Å². The molecule has 1 heterocycles. The van der Waals surface area contributed by atoms with Crippen molar-refractivity contribution in [2.75, 3.05) is 0 Å². The van der Waals surface area contributed by atoms with Crippen LogP contribution in [-0.4, -0.2) is 0 Å². The fourth-order valence-electron chi connectivity index (χ4n) is 9.91. The maximum atomic E-state index is 2.59. The summed E-state index contributed by atoms with van der Waals surface area (Å²) in [4.78, 5) is 0. The van der Waals surface area contributed by atoms with Gasteiger partial charge in [0.25, 0.3) is 0 Å². The average Bonchev–Trinajstić information content (AvgIpc) is 3.61. The minimum atomic E-state index is -3.18. The first-order valence-corrected chi connectivity index (χ1v) is 24.3. The number of hydrogen-bond donors (Lipinski definition) is 0. The summed E-state index contributed by atoms with van der Waals surface area (Å²) in [7, 11) is 0. The first-order chi connectivity index (χ1) is 22.2. The van der Waals surface area contributed by atoms with Crippen LogP contribution in [0, 0.1) is 0 Å². The quantitative estimate of drug-likeness (QED) is 0.158. The van der Waals surface area contributed by atoms with Crippen LogP contribution in [0.15, 0.2) is 108 Å². The van der Waals surface area contributed by atoms with Gasteiger partial charge in [-0.25, -0.2) is 0 Å². The van der Waals surface area contributed by atoms with Gasteiger partial charge in [0.2, 0.25) is 0 Å². The van der Waals surface area contributed by atoms with Crippen molar-refractivity contribution in [3.8, 4) is 22.3 Å². The zero-order chi connectivity index (χ0) is 31.0. The van der Waals surface area contributed by atoms with Gasteiger partial charge in [-0.3, -0.25) is 0 Å². The Morgan fingerprint density at radius 3 is 1.31 bits per heavy atom.